The summed E-state index contributed by atoms with van der Waals surface area (Å²) < 4.78 is 17.9. The van der Waals surface area contributed by atoms with Crippen molar-refractivity contribution in [2.75, 3.05) is 53.2 Å². The second-order valence-corrected chi connectivity index (χ2v) is 7.71. The lowest BCUT2D eigenvalue weighted by molar-refractivity contribution is 0.00166. The first-order chi connectivity index (χ1) is 14.7. The van der Waals surface area contributed by atoms with Crippen LogP contribution >= 0.6 is 11.6 Å². The lowest BCUT2D eigenvalue weighted by atomic mass is 9.96. The van der Waals surface area contributed by atoms with Gasteiger partial charge in [0.25, 0.3) is 5.91 Å². The average molecular weight is 437 g/mol. The smallest absolute Gasteiger partial charge is 0.255 e. The van der Waals surface area contributed by atoms with Crippen LogP contribution in [0.5, 0.6) is 5.75 Å². The zero-order valence-corrected chi connectivity index (χ0v) is 17.5. The molecule has 0 aliphatic carbocycles. The van der Waals surface area contributed by atoms with E-state index >= 15 is 0 Å². The summed E-state index contributed by atoms with van der Waals surface area (Å²) in [7, 11) is 1.51. The summed E-state index contributed by atoms with van der Waals surface area (Å²) in [6.45, 7) is 5.12. The number of morpholine rings is 1. The molecule has 0 saturated carbocycles. The molecule has 1 amide bonds. The molecule has 0 bridgehead atoms. The molecule has 1 N–H and O–H groups in total. The van der Waals surface area contributed by atoms with Crippen LogP contribution in [-0.2, 0) is 9.47 Å². The lowest BCUT2D eigenvalue weighted by Gasteiger charge is -2.37. The fourth-order valence-corrected chi connectivity index (χ4v) is 4.24. The number of amides is 1. The number of tetrazole rings is 1. The molecule has 162 valence electrons. The Hall–Kier alpha value is -2.27. The molecule has 2 atom stereocenters. The highest BCUT2D eigenvalue weighted by atomic mass is 35.5. The molecule has 0 spiro atoms. The standard InChI is InChI=1S/C19H25ClN6O4/c1-28-18-9-16(26-12-22-23-24-26)15(20)8-14(18)19(27)21-10-17(13-2-5-30-11-13)25-3-6-29-7-4-25/h8-9,12-13,17H,2-7,10-11H2,1H3,(H,21,27). The predicted molar refractivity (Wildman–Crippen MR) is 108 cm³/mol. The van der Waals surface area contributed by atoms with Crippen molar-refractivity contribution in [1.82, 2.24) is 30.4 Å². The zero-order chi connectivity index (χ0) is 20.9. The Morgan fingerprint density at radius 1 is 1.33 bits per heavy atom. The van der Waals surface area contributed by atoms with Gasteiger partial charge in [-0.25, -0.2) is 0 Å². The number of hydrogen-bond donors (Lipinski definition) is 1. The highest BCUT2D eigenvalue weighted by Gasteiger charge is 2.32. The highest BCUT2D eigenvalue weighted by Crippen LogP contribution is 2.29. The van der Waals surface area contributed by atoms with Crippen LogP contribution in [0.2, 0.25) is 5.02 Å². The largest absolute Gasteiger partial charge is 0.496 e. The van der Waals surface area contributed by atoms with Crippen LogP contribution in [0.4, 0.5) is 0 Å². The SMILES string of the molecule is COc1cc(-n2cnnn2)c(Cl)cc1C(=O)NCC(C1CCOC1)N1CCOCC1. The molecule has 3 heterocycles. The maximum Gasteiger partial charge on any atom is 0.255 e. The van der Waals surface area contributed by atoms with Gasteiger partial charge in [0.1, 0.15) is 12.1 Å². The van der Waals surface area contributed by atoms with E-state index in [1.54, 1.807) is 12.1 Å². The predicted octanol–water partition coefficient (Wildman–Crippen LogP) is 0.791. The Morgan fingerprint density at radius 3 is 2.83 bits per heavy atom. The average Bonchev–Trinajstić information content (AvgIpc) is 3.49. The third-order valence-corrected chi connectivity index (χ3v) is 5.91. The van der Waals surface area contributed by atoms with Gasteiger partial charge in [0.05, 0.1) is 43.2 Å². The quantitative estimate of drug-likeness (QED) is 0.679. The molecular formula is C19H25ClN6O4. The normalized spacial score (nSPS) is 20.8. The molecule has 2 aliphatic rings. The Bertz CT molecular complexity index is 853. The topological polar surface area (TPSA) is 104 Å². The maximum absolute atomic E-state index is 13.0. The summed E-state index contributed by atoms with van der Waals surface area (Å²) in [5.74, 6) is 0.541. The minimum atomic E-state index is -0.241. The van der Waals surface area contributed by atoms with Gasteiger partial charge in [0, 0.05) is 44.3 Å². The van der Waals surface area contributed by atoms with Gasteiger partial charge in [-0.2, -0.15) is 4.68 Å². The molecule has 1 aromatic heterocycles. The number of carbonyl (C=O) groups excluding carboxylic acids is 1. The Morgan fingerprint density at radius 2 is 2.17 bits per heavy atom. The minimum Gasteiger partial charge on any atom is -0.496 e. The molecule has 10 nitrogen and oxygen atoms in total. The summed E-state index contributed by atoms with van der Waals surface area (Å²) in [6, 6.07) is 3.43. The van der Waals surface area contributed by atoms with Gasteiger partial charge in [-0.05, 0) is 22.9 Å². The van der Waals surface area contributed by atoms with E-state index in [9.17, 15) is 4.79 Å². The van der Waals surface area contributed by atoms with Gasteiger partial charge in [0.15, 0.2) is 0 Å². The number of methoxy groups -OCH3 is 1. The molecule has 2 saturated heterocycles. The van der Waals surface area contributed by atoms with Crippen molar-refractivity contribution in [3.8, 4) is 11.4 Å². The number of halogens is 1. The first kappa shape index (κ1) is 21.0. The van der Waals surface area contributed by atoms with Crippen molar-refractivity contribution < 1.29 is 19.0 Å². The van der Waals surface area contributed by atoms with Crippen LogP contribution in [0.25, 0.3) is 5.69 Å². The molecule has 2 fully saturated rings. The number of aromatic nitrogens is 4. The van der Waals surface area contributed by atoms with Crippen molar-refractivity contribution >= 4 is 17.5 Å². The first-order valence-corrected chi connectivity index (χ1v) is 10.3. The van der Waals surface area contributed by atoms with Crippen LogP contribution in [-0.4, -0.2) is 90.2 Å². The van der Waals surface area contributed by atoms with Crippen molar-refractivity contribution in [2.24, 2.45) is 5.92 Å². The van der Waals surface area contributed by atoms with Gasteiger partial charge in [0.2, 0.25) is 0 Å². The number of nitrogens with zero attached hydrogens (tertiary/aromatic N) is 5. The molecule has 1 aromatic carbocycles. The Kier molecular flexibility index (Phi) is 6.78. The van der Waals surface area contributed by atoms with Gasteiger partial charge in [-0.1, -0.05) is 11.6 Å². The van der Waals surface area contributed by atoms with Crippen LogP contribution < -0.4 is 10.1 Å². The van der Waals surface area contributed by atoms with E-state index in [-0.39, 0.29) is 11.9 Å². The highest BCUT2D eigenvalue weighted by molar-refractivity contribution is 6.33. The monoisotopic (exact) mass is 436 g/mol. The second kappa shape index (κ2) is 9.69. The van der Waals surface area contributed by atoms with E-state index in [1.165, 1.54) is 18.1 Å². The molecule has 11 heteroatoms. The third-order valence-electron chi connectivity index (χ3n) is 5.60. The van der Waals surface area contributed by atoms with Gasteiger partial charge in [-0.15, -0.1) is 5.10 Å². The summed E-state index contributed by atoms with van der Waals surface area (Å²) >= 11 is 6.39. The maximum atomic E-state index is 13.0. The molecule has 0 radical (unpaired) electrons. The van der Waals surface area contributed by atoms with Crippen LogP contribution in [0.15, 0.2) is 18.5 Å². The van der Waals surface area contributed by atoms with Crippen molar-refractivity contribution in [3.05, 3.63) is 29.0 Å². The van der Waals surface area contributed by atoms with Crippen LogP contribution in [0.1, 0.15) is 16.8 Å². The molecule has 4 rings (SSSR count). The summed E-state index contributed by atoms with van der Waals surface area (Å²) in [4.78, 5) is 15.4. The van der Waals surface area contributed by atoms with Crippen molar-refractivity contribution in [3.63, 3.8) is 0 Å². The fourth-order valence-electron chi connectivity index (χ4n) is 3.99. The van der Waals surface area contributed by atoms with E-state index in [0.29, 0.717) is 54.3 Å². The van der Waals surface area contributed by atoms with Gasteiger partial charge >= 0.3 is 0 Å². The van der Waals surface area contributed by atoms with Crippen LogP contribution in [0, 0.1) is 5.92 Å². The van der Waals surface area contributed by atoms with Crippen molar-refractivity contribution in [2.45, 2.75) is 12.5 Å². The van der Waals surface area contributed by atoms with Crippen molar-refractivity contribution in [1.29, 1.82) is 0 Å². The number of rotatable bonds is 7. The third kappa shape index (κ3) is 4.56. The van der Waals surface area contributed by atoms with E-state index < -0.39 is 0 Å². The second-order valence-electron chi connectivity index (χ2n) is 7.31. The number of hydrogen-bond acceptors (Lipinski definition) is 8. The van der Waals surface area contributed by atoms with Gasteiger partial charge < -0.3 is 19.5 Å². The van der Waals surface area contributed by atoms with E-state index in [2.05, 4.69) is 25.7 Å². The number of nitrogens with one attached hydrogen (secondary N) is 1. The zero-order valence-electron chi connectivity index (χ0n) is 16.8. The summed E-state index contributed by atoms with van der Waals surface area (Å²) in [6.07, 6.45) is 2.42. The first-order valence-electron chi connectivity index (χ1n) is 9.96. The number of benzene rings is 1. The molecule has 2 aromatic rings. The minimum absolute atomic E-state index is 0.197. The summed E-state index contributed by atoms with van der Waals surface area (Å²) in [5, 5.41) is 14.5. The molecule has 2 aliphatic heterocycles. The molecule has 2 unspecified atom stereocenters. The Labute approximate surface area is 179 Å². The number of ether oxygens (including phenoxy) is 3. The summed E-state index contributed by atoms with van der Waals surface area (Å²) in [5.41, 5.74) is 0.895. The lowest BCUT2D eigenvalue weighted by Crippen LogP contribution is -2.52. The van der Waals surface area contributed by atoms with Crippen LogP contribution in [0.3, 0.4) is 0 Å². The fraction of sp³-hybridized carbons (Fsp3) is 0.579. The van der Waals surface area contributed by atoms with E-state index in [4.69, 9.17) is 25.8 Å². The molecular weight excluding hydrogens is 412 g/mol. The van der Waals surface area contributed by atoms with E-state index in [0.717, 1.165) is 26.1 Å². The van der Waals surface area contributed by atoms with Gasteiger partial charge in [-0.3, -0.25) is 9.69 Å². The van der Waals surface area contributed by atoms with E-state index in [1.807, 2.05) is 0 Å². The Balaban J connectivity index is 1.50. The molecule has 30 heavy (non-hydrogen) atoms. The number of carbonyl (C=O) groups is 1.